The Bertz CT molecular complexity index is 554. The maximum atomic E-state index is 13.0. The summed E-state index contributed by atoms with van der Waals surface area (Å²) in [7, 11) is 0. The molecule has 0 aliphatic heterocycles. The van der Waals surface area contributed by atoms with Crippen LogP contribution in [0.3, 0.4) is 0 Å². The van der Waals surface area contributed by atoms with Gasteiger partial charge in [-0.3, -0.25) is 4.79 Å². The van der Waals surface area contributed by atoms with Gasteiger partial charge in [-0.2, -0.15) is 0 Å². The van der Waals surface area contributed by atoms with Crippen molar-refractivity contribution >= 4 is 11.6 Å². The van der Waals surface area contributed by atoms with Crippen LogP contribution in [0.5, 0.6) is 0 Å². The van der Waals surface area contributed by atoms with Crippen LogP contribution in [-0.4, -0.2) is 5.91 Å². The Labute approximate surface area is 127 Å². The number of hydrogen-bond acceptors (Lipinski definition) is 1. The molecule has 4 aliphatic rings. The van der Waals surface area contributed by atoms with E-state index in [1.54, 1.807) is 0 Å². The minimum absolute atomic E-state index is 0.0495. The van der Waals surface area contributed by atoms with Gasteiger partial charge in [0.25, 0.3) is 0 Å². The lowest BCUT2D eigenvalue weighted by molar-refractivity contribution is -0.140. The average molecular weight is 283 g/mol. The standard InChI is InChI=1S/C19H25NO/c1-12-3-4-17(13(2)5-12)20-18(21)19-9-14-6-15(10-19)8-16(7-14)11-19/h3-5,14-16H,6-11H2,1-2H3,(H,20,21). The fourth-order valence-electron chi connectivity index (χ4n) is 5.60. The summed E-state index contributed by atoms with van der Waals surface area (Å²) in [6.45, 7) is 4.18. The molecular formula is C19H25NO. The number of carbonyl (C=O) groups is 1. The Hall–Kier alpha value is -1.31. The van der Waals surface area contributed by atoms with Crippen LogP contribution in [0.25, 0.3) is 0 Å². The van der Waals surface area contributed by atoms with E-state index in [1.165, 1.54) is 30.4 Å². The van der Waals surface area contributed by atoms with Crippen molar-refractivity contribution in [2.75, 3.05) is 5.32 Å². The highest BCUT2D eigenvalue weighted by atomic mass is 16.2. The lowest BCUT2D eigenvalue weighted by Crippen LogP contribution is -2.51. The van der Waals surface area contributed by atoms with E-state index in [0.29, 0.717) is 5.91 Å². The van der Waals surface area contributed by atoms with Gasteiger partial charge in [0.15, 0.2) is 0 Å². The van der Waals surface area contributed by atoms with Crippen LogP contribution in [0.4, 0.5) is 5.69 Å². The predicted molar refractivity (Wildman–Crippen MR) is 85.2 cm³/mol. The van der Waals surface area contributed by atoms with Gasteiger partial charge in [-0.25, -0.2) is 0 Å². The molecule has 0 unspecified atom stereocenters. The first-order valence-corrected chi connectivity index (χ1v) is 8.43. The molecule has 5 rings (SSSR count). The summed E-state index contributed by atoms with van der Waals surface area (Å²) in [5.41, 5.74) is 3.38. The van der Waals surface area contributed by atoms with Crippen molar-refractivity contribution in [3.63, 3.8) is 0 Å². The Morgan fingerprint density at radius 3 is 2.14 bits per heavy atom. The Balaban J connectivity index is 1.57. The summed E-state index contributed by atoms with van der Waals surface area (Å²) in [5, 5.41) is 3.26. The van der Waals surface area contributed by atoms with Crippen molar-refractivity contribution in [2.45, 2.75) is 52.4 Å². The zero-order valence-corrected chi connectivity index (χ0v) is 13.1. The number of benzene rings is 1. The molecule has 4 aliphatic carbocycles. The number of nitrogens with one attached hydrogen (secondary N) is 1. The van der Waals surface area contributed by atoms with E-state index >= 15 is 0 Å². The van der Waals surface area contributed by atoms with Gasteiger partial charge in [0, 0.05) is 5.69 Å². The fourth-order valence-corrected chi connectivity index (χ4v) is 5.60. The molecule has 0 spiro atoms. The number of carbonyl (C=O) groups excluding carboxylic acids is 1. The Morgan fingerprint density at radius 1 is 1.05 bits per heavy atom. The van der Waals surface area contributed by atoms with Crippen LogP contribution in [0.2, 0.25) is 0 Å². The van der Waals surface area contributed by atoms with Gasteiger partial charge in [-0.15, -0.1) is 0 Å². The van der Waals surface area contributed by atoms with Crippen molar-refractivity contribution in [1.29, 1.82) is 0 Å². The first kappa shape index (κ1) is 13.4. The van der Waals surface area contributed by atoms with Crippen molar-refractivity contribution in [3.8, 4) is 0 Å². The molecule has 1 amide bonds. The van der Waals surface area contributed by atoms with Crippen LogP contribution >= 0.6 is 0 Å². The minimum Gasteiger partial charge on any atom is -0.325 e. The number of hydrogen-bond donors (Lipinski definition) is 1. The Kier molecular flexibility index (Phi) is 2.92. The van der Waals surface area contributed by atoms with Crippen LogP contribution in [-0.2, 0) is 4.79 Å². The van der Waals surface area contributed by atoms with E-state index in [-0.39, 0.29) is 5.41 Å². The van der Waals surface area contributed by atoms with Crippen LogP contribution < -0.4 is 5.32 Å². The second-order valence-corrected chi connectivity index (χ2v) is 7.97. The fraction of sp³-hybridized carbons (Fsp3) is 0.632. The van der Waals surface area contributed by atoms with Gasteiger partial charge in [0.05, 0.1) is 5.41 Å². The quantitative estimate of drug-likeness (QED) is 0.853. The van der Waals surface area contributed by atoms with Crippen LogP contribution in [0.1, 0.15) is 49.7 Å². The number of aryl methyl sites for hydroxylation is 2. The van der Waals surface area contributed by atoms with Crippen molar-refractivity contribution < 1.29 is 4.79 Å². The highest BCUT2D eigenvalue weighted by Gasteiger charge is 2.54. The summed E-state index contributed by atoms with van der Waals surface area (Å²) < 4.78 is 0. The highest BCUT2D eigenvalue weighted by Crippen LogP contribution is 2.60. The highest BCUT2D eigenvalue weighted by molar-refractivity contribution is 5.96. The summed E-state index contributed by atoms with van der Waals surface area (Å²) in [4.78, 5) is 13.0. The second-order valence-electron chi connectivity index (χ2n) is 7.97. The molecular weight excluding hydrogens is 258 g/mol. The molecule has 0 heterocycles. The predicted octanol–water partition coefficient (Wildman–Crippen LogP) is 4.46. The molecule has 0 radical (unpaired) electrons. The molecule has 0 aromatic heterocycles. The topological polar surface area (TPSA) is 29.1 Å². The monoisotopic (exact) mass is 283 g/mol. The van der Waals surface area contributed by atoms with Crippen molar-refractivity contribution in [1.82, 2.24) is 0 Å². The summed E-state index contributed by atoms with van der Waals surface area (Å²) in [6, 6.07) is 6.29. The zero-order chi connectivity index (χ0) is 14.6. The van der Waals surface area contributed by atoms with Crippen molar-refractivity contribution in [3.05, 3.63) is 29.3 Å². The molecule has 0 atom stereocenters. The van der Waals surface area contributed by atoms with Crippen LogP contribution in [0, 0.1) is 37.0 Å². The Morgan fingerprint density at radius 2 is 1.62 bits per heavy atom. The third kappa shape index (κ3) is 2.20. The second kappa shape index (κ2) is 4.59. The summed E-state index contributed by atoms with van der Waals surface area (Å²) in [6.07, 6.45) is 7.56. The maximum Gasteiger partial charge on any atom is 0.230 e. The third-order valence-corrected chi connectivity index (χ3v) is 6.15. The molecule has 21 heavy (non-hydrogen) atoms. The smallest absolute Gasteiger partial charge is 0.230 e. The molecule has 112 valence electrons. The zero-order valence-electron chi connectivity index (χ0n) is 13.1. The van der Waals surface area contributed by atoms with E-state index in [9.17, 15) is 4.79 Å². The maximum absolute atomic E-state index is 13.0. The summed E-state index contributed by atoms with van der Waals surface area (Å²) >= 11 is 0. The van der Waals surface area contributed by atoms with Gasteiger partial charge in [-0.05, 0) is 81.8 Å². The van der Waals surface area contributed by atoms with E-state index in [2.05, 4.69) is 37.4 Å². The van der Waals surface area contributed by atoms with Gasteiger partial charge >= 0.3 is 0 Å². The first-order chi connectivity index (χ1) is 10.0. The van der Waals surface area contributed by atoms with Gasteiger partial charge < -0.3 is 5.32 Å². The molecule has 1 aromatic carbocycles. The van der Waals surface area contributed by atoms with E-state index in [1.807, 2.05) is 0 Å². The largest absolute Gasteiger partial charge is 0.325 e. The average Bonchev–Trinajstić information content (AvgIpc) is 2.40. The lowest BCUT2D eigenvalue weighted by Gasteiger charge is -2.55. The van der Waals surface area contributed by atoms with Crippen LogP contribution in [0.15, 0.2) is 18.2 Å². The molecule has 4 fully saturated rings. The molecule has 4 bridgehead atoms. The number of amides is 1. The minimum atomic E-state index is -0.0495. The van der Waals surface area contributed by atoms with E-state index in [0.717, 1.165) is 42.7 Å². The third-order valence-electron chi connectivity index (χ3n) is 6.15. The molecule has 2 heteroatoms. The van der Waals surface area contributed by atoms with Gasteiger partial charge in [0.2, 0.25) is 5.91 Å². The van der Waals surface area contributed by atoms with E-state index in [4.69, 9.17) is 0 Å². The molecule has 4 saturated carbocycles. The van der Waals surface area contributed by atoms with Gasteiger partial charge in [-0.1, -0.05) is 17.7 Å². The summed E-state index contributed by atoms with van der Waals surface area (Å²) in [5.74, 6) is 2.76. The number of anilines is 1. The first-order valence-electron chi connectivity index (χ1n) is 8.43. The number of rotatable bonds is 2. The normalized spacial score (nSPS) is 36.8. The molecule has 1 aromatic rings. The van der Waals surface area contributed by atoms with E-state index < -0.39 is 0 Å². The van der Waals surface area contributed by atoms with Gasteiger partial charge in [0.1, 0.15) is 0 Å². The van der Waals surface area contributed by atoms with Crippen molar-refractivity contribution in [2.24, 2.45) is 23.2 Å². The lowest BCUT2D eigenvalue weighted by atomic mass is 9.49. The molecule has 2 nitrogen and oxygen atoms in total. The molecule has 0 saturated heterocycles. The SMILES string of the molecule is Cc1ccc(NC(=O)C23CC4CC(CC(C4)C2)C3)c(C)c1. The molecule has 1 N–H and O–H groups in total.